The number of hydrogen-bond donors (Lipinski definition) is 2. The van der Waals surface area contributed by atoms with Crippen LogP contribution in [0.15, 0.2) is 0 Å². The second kappa shape index (κ2) is 6.86. The molecular formula is C12H25N3O. The fraction of sp³-hybridized carbons (Fsp3) is 0.917. The zero-order valence-corrected chi connectivity index (χ0v) is 10.8. The first-order valence-corrected chi connectivity index (χ1v) is 6.37. The predicted octanol–water partition coefficient (Wildman–Crippen LogP) is 0.585. The maximum atomic E-state index is 11.8. The Balaban J connectivity index is 2.30. The van der Waals surface area contributed by atoms with Gasteiger partial charge in [-0.05, 0) is 33.4 Å². The lowest BCUT2D eigenvalue weighted by molar-refractivity contribution is -0.126. The first-order chi connectivity index (χ1) is 7.66. The van der Waals surface area contributed by atoms with Crippen LogP contribution in [0.2, 0.25) is 0 Å². The SMILES string of the molecule is CCCCNC(=O)C(C)N(C)C1CCNC1. The molecule has 0 saturated carbocycles. The molecule has 1 heterocycles. The minimum Gasteiger partial charge on any atom is -0.355 e. The topological polar surface area (TPSA) is 44.4 Å². The quantitative estimate of drug-likeness (QED) is 0.653. The summed E-state index contributed by atoms with van der Waals surface area (Å²) in [5.74, 6) is 0.155. The van der Waals surface area contributed by atoms with E-state index in [9.17, 15) is 4.79 Å². The number of nitrogens with one attached hydrogen (secondary N) is 2. The minimum absolute atomic E-state index is 0.0262. The van der Waals surface area contributed by atoms with Gasteiger partial charge in [0.15, 0.2) is 0 Å². The fourth-order valence-electron chi connectivity index (χ4n) is 2.02. The fourth-order valence-corrected chi connectivity index (χ4v) is 2.02. The van der Waals surface area contributed by atoms with Gasteiger partial charge in [0.05, 0.1) is 6.04 Å². The van der Waals surface area contributed by atoms with Gasteiger partial charge in [0.2, 0.25) is 5.91 Å². The zero-order valence-electron chi connectivity index (χ0n) is 10.8. The third-order valence-electron chi connectivity index (χ3n) is 3.43. The van der Waals surface area contributed by atoms with E-state index in [-0.39, 0.29) is 11.9 Å². The first-order valence-electron chi connectivity index (χ1n) is 6.37. The largest absolute Gasteiger partial charge is 0.355 e. The highest BCUT2D eigenvalue weighted by atomic mass is 16.2. The van der Waals surface area contributed by atoms with Crippen molar-refractivity contribution in [3.05, 3.63) is 0 Å². The van der Waals surface area contributed by atoms with Gasteiger partial charge in [-0.25, -0.2) is 0 Å². The molecule has 0 aromatic rings. The second-order valence-electron chi connectivity index (χ2n) is 4.63. The van der Waals surface area contributed by atoms with Crippen LogP contribution in [0.25, 0.3) is 0 Å². The number of amides is 1. The molecule has 0 bridgehead atoms. The summed E-state index contributed by atoms with van der Waals surface area (Å²) in [6, 6.07) is 0.480. The van der Waals surface area contributed by atoms with Crippen molar-refractivity contribution in [3.63, 3.8) is 0 Å². The van der Waals surface area contributed by atoms with Gasteiger partial charge in [-0.1, -0.05) is 13.3 Å². The number of hydrogen-bond acceptors (Lipinski definition) is 3. The van der Waals surface area contributed by atoms with E-state index in [1.54, 1.807) is 0 Å². The number of rotatable bonds is 6. The third-order valence-corrected chi connectivity index (χ3v) is 3.43. The van der Waals surface area contributed by atoms with Gasteiger partial charge in [-0.15, -0.1) is 0 Å². The van der Waals surface area contributed by atoms with E-state index in [1.807, 2.05) is 14.0 Å². The maximum Gasteiger partial charge on any atom is 0.237 e. The molecule has 0 spiro atoms. The smallest absolute Gasteiger partial charge is 0.237 e. The van der Waals surface area contributed by atoms with Crippen LogP contribution in [-0.4, -0.2) is 49.6 Å². The lowest BCUT2D eigenvalue weighted by atomic mass is 10.1. The van der Waals surface area contributed by atoms with Crippen LogP contribution in [0.3, 0.4) is 0 Å². The maximum absolute atomic E-state index is 11.8. The molecule has 1 rings (SSSR count). The van der Waals surface area contributed by atoms with Gasteiger partial charge in [-0.3, -0.25) is 9.69 Å². The van der Waals surface area contributed by atoms with Crippen molar-refractivity contribution in [2.24, 2.45) is 0 Å². The molecule has 4 heteroatoms. The lowest BCUT2D eigenvalue weighted by Crippen LogP contribution is -2.48. The molecule has 1 fully saturated rings. The molecule has 2 N–H and O–H groups in total. The zero-order chi connectivity index (χ0) is 12.0. The second-order valence-corrected chi connectivity index (χ2v) is 4.63. The van der Waals surface area contributed by atoms with E-state index in [0.29, 0.717) is 6.04 Å². The first kappa shape index (κ1) is 13.5. The highest BCUT2D eigenvalue weighted by Crippen LogP contribution is 2.09. The predicted molar refractivity (Wildman–Crippen MR) is 66.4 cm³/mol. The Morgan fingerprint density at radius 2 is 2.38 bits per heavy atom. The van der Waals surface area contributed by atoms with E-state index in [1.165, 1.54) is 0 Å². The molecule has 0 aromatic carbocycles. The number of likely N-dealkylation sites (N-methyl/N-ethyl adjacent to an activating group) is 1. The van der Waals surface area contributed by atoms with Gasteiger partial charge in [0.25, 0.3) is 0 Å². The van der Waals surface area contributed by atoms with E-state index >= 15 is 0 Å². The molecule has 1 aliphatic heterocycles. The van der Waals surface area contributed by atoms with Crippen molar-refractivity contribution in [2.75, 3.05) is 26.7 Å². The van der Waals surface area contributed by atoms with Gasteiger partial charge in [-0.2, -0.15) is 0 Å². The molecule has 0 radical (unpaired) electrons. The Kier molecular flexibility index (Phi) is 5.77. The van der Waals surface area contributed by atoms with Crippen molar-refractivity contribution in [2.45, 2.75) is 45.2 Å². The van der Waals surface area contributed by atoms with Crippen LogP contribution in [0.1, 0.15) is 33.1 Å². The Bertz CT molecular complexity index is 214. The number of carbonyl (C=O) groups excluding carboxylic acids is 1. The Labute approximate surface area is 98.8 Å². The van der Waals surface area contributed by atoms with E-state index in [2.05, 4.69) is 22.5 Å². The van der Waals surface area contributed by atoms with Gasteiger partial charge >= 0.3 is 0 Å². The molecule has 1 saturated heterocycles. The summed E-state index contributed by atoms with van der Waals surface area (Å²) in [5, 5.41) is 6.31. The molecule has 0 aromatic heterocycles. The molecule has 0 aliphatic carbocycles. The Hall–Kier alpha value is -0.610. The molecule has 1 aliphatic rings. The highest BCUT2D eigenvalue weighted by Gasteiger charge is 2.26. The van der Waals surface area contributed by atoms with Crippen LogP contribution < -0.4 is 10.6 Å². The number of carbonyl (C=O) groups is 1. The van der Waals surface area contributed by atoms with E-state index < -0.39 is 0 Å². The van der Waals surface area contributed by atoms with Crippen molar-refractivity contribution < 1.29 is 4.79 Å². The lowest BCUT2D eigenvalue weighted by Gasteiger charge is -2.29. The number of unbranched alkanes of at least 4 members (excludes halogenated alkanes) is 1. The highest BCUT2D eigenvalue weighted by molar-refractivity contribution is 5.81. The molecular weight excluding hydrogens is 202 g/mol. The summed E-state index contributed by atoms with van der Waals surface area (Å²) in [7, 11) is 2.04. The summed E-state index contributed by atoms with van der Waals surface area (Å²) in [6.45, 7) is 6.99. The summed E-state index contributed by atoms with van der Waals surface area (Å²) in [4.78, 5) is 14.0. The van der Waals surface area contributed by atoms with E-state index in [4.69, 9.17) is 0 Å². The molecule has 2 atom stereocenters. The average Bonchev–Trinajstić information content (AvgIpc) is 2.80. The van der Waals surface area contributed by atoms with Gasteiger partial charge in [0.1, 0.15) is 0 Å². The normalized spacial score (nSPS) is 22.4. The minimum atomic E-state index is -0.0262. The Morgan fingerprint density at radius 1 is 1.62 bits per heavy atom. The van der Waals surface area contributed by atoms with Crippen LogP contribution in [-0.2, 0) is 4.79 Å². The van der Waals surface area contributed by atoms with Crippen molar-refractivity contribution in [1.29, 1.82) is 0 Å². The third kappa shape index (κ3) is 3.76. The van der Waals surface area contributed by atoms with Crippen LogP contribution in [0.4, 0.5) is 0 Å². The standard InChI is InChI=1S/C12H25N3O/c1-4-5-7-14-12(16)10(2)15(3)11-6-8-13-9-11/h10-11,13H,4-9H2,1-3H3,(H,14,16). The molecule has 1 amide bonds. The monoisotopic (exact) mass is 227 g/mol. The van der Waals surface area contributed by atoms with Crippen LogP contribution >= 0.6 is 0 Å². The summed E-state index contributed by atoms with van der Waals surface area (Å²) >= 11 is 0. The van der Waals surface area contributed by atoms with Crippen molar-refractivity contribution in [3.8, 4) is 0 Å². The van der Waals surface area contributed by atoms with Crippen LogP contribution in [0.5, 0.6) is 0 Å². The van der Waals surface area contributed by atoms with Crippen molar-refractivity contribution in [1.82, 2.24) is 15.5 Å². The van der Waals surface area contributed by atoms with Crippen molar-refractivity contribution >= 4 is 5.91 Å². The van der Waals surface area contributed by atoms with E-state index in [0.717, 1.165) is 38.9 Å². The Morgan fingerprint density at radius 3 is 2.94 bits per heavy atom. The van der Waals surface area contributed by atoms with Gasteiger partial charge in [0, 0.05) is 19.1 Å². The number of nitrogens with zero attached hydrogens (tertiary/aromatic N) is 1. The molecule has 4 nitrogen and oxygen atoms in total. The molecule has 94 valence electrons. The molecule has 16 heavy (non-hydrogen) atoms. The summed E-state index contributed by atoms with van der Waals surface area (Å²) < 4.78 is 0. The molecule has 2 unspecified atom stereocenters. The average molecular weight is 227 g/mol. The summed E-state index contributed by atoms with van der Waals surface area (Å²) in [5.41, 5.74) is 0. The summed E-state index contributed by atoms with van der Waals surface area (Å²) in [6.07, 6.45) is 3.33. The van der Waals surface area contributed by atoms with Gasteiger partial charge < -0.3 is 10.6 Å². The van der Waals surface area contributed by atoms with Crippen LogP contribution in [0, 0.1) is 0 Å².